The predicted octanol–water partition coefficient (Wildman–Crippen LogP) is 4.28. The maximum absolute atomic E-state index is 13.9. The monoisotopic (exact) mass is 255 g/mol. The Morgan fingerprint density at radius 1 is 1.11 bits per heavy atom. The summed E-state index contributed by atoms with van der Waals surface area (Å²) in [4.78, 5) is 0. The van der Waals surface area contributed by atoms with Gasteiger partial charge >= 0.3 is 0 Å². The Labute approximate surface area is 108 Å². The predicted molar refractivity (Wildman–Crippen MR) is 71.9 cm³/mol. The van der Waals surface area contributed by atoms with Crippen LogP contribution in [0, 0.1) is 5.92 Å². The van der Waals surface area contributed by atoms with E-state index in [1.54, 1.807) is 24.3 Å². The maximum Gasteiger partial charge on any atom is 0.273 e. The molecule has 0 aliphatic heterocycles. The van der Waals surface area contributed by atoms with E-state index in [-0.39, 0.29) is 17.9 Å². The first-order chi connectivity index (χ1) is 8.36. The van der Waals surface area contributed by atoms with E-state index in [0.29, 0.717) is 12.5 Å². The quantitative estimate of drug-likeness (QED) is 0.806. The highest BCUT2D eigenvalue weighted by Crippen LogP contribution is 2.35. The van der Waals surface area contributed by atoms with Gasteiger partial charge in [-0.15, -0.1) is 0 Å². The van der Waals surface area contributed by atoms with Crippen molar-refractivity contribution in [1.82, 2.24) is 0 Å². The summed E-state index contributed by atoms with van der Waals surface area (Å²) in [6.07, 6.45) is 0.770. The van der Waals surface area contributed by atoms with Gasteiger partial charge in [-0.2, -0.15) is 0 Å². The molecule has 1 nitrogen and oxygen atoms in total. The standard InChI is InChI=1S/C15H23F2N/c1-11(2)10-15(16,17)14-6-4-13(5-7-14)12(3)8-9-18/h4-7,11-12H,8-10,18H2,1-3H3. The van der Waals surface area contributed by atoms with Crippen molar-refractivity contribution in [2.45, 2.75) is 45.5 Å². The molecule has 0 saturated carbocycles. The zero-order chi connectivity index (χ0) is 13.8. The van der Waals surface area contributed by atoms with Crippen molar-refractivity contribution in [3.05, 3.63) is 35.4 Å². The minimum atomic E-state index is -2.73. The molecule has 3 heteroatoms. The van der Waals surface area contributed by atoms with E-state index >= 15 is 0 Å². The summed E-state index contributed by atoms with van der Waals surface area (Å²) < 4.78 is 27.7. The average Bonchev–Trinajstić information content (AvgIpc) is 2.28. The molecule has 0 aromatic heterocycles. The van der Waals surface area contributed by atoms with Gasteiger partial charge in [0.2, 0.25) is 0 Å². The van der Waals surface area contributed by atoms with Crippen LogP contribution < -0.4 is 5.73 Å². The molecule has 0 spiro atoms. The lowest BCUT2D eigenvalue weighted by Gasteiger charge is -2.20. The Morgan fingerprint density at radius 2 is 1.67 bits per heavy atom. The molecule has 0 heterocycles. The molecule has 1 rings (SSSR count). The molecule has 0 amide bonds. The van der Waals surface area contributed by atoms with Gasteiger partial charge in [0.25, 0.3) is 5.92 Å². The van der Waals surface area contributed by atoms with Crippen LogP contribution in [0.3, 0.4) is 0 Å². The van der Waals surface area contributed by atoms with Crippen LogP contribution in [0.4, 0.5) is 8.78 Å². The molecule has 1 unspecified atom stereocenters. The van der Waals surface area contributed by atoms with Crippen molar-refractivity contribution in [1.29, 1.82) is 0 Å². The number of hydrogen-bond donors (Lipinski definition) is 1. The summed E-state index contributed by atoms with van der Waals surface area (Å²) in [7, 11) is 0. The highest BCUT2D eigenvalue weighted by molar-refractivity contribution is 5.27. The molecule has 1 aromatic rings. The molecule has 0 fully saturated rings. The van der Waals surface area contributed by atoms with Crippen molar-refractivity contribution in [3.63, 3.8) is 0 Å². The summed E-state index contributed by atoms with van der Waals surface area (Å²) in [6, 6.07) is 6.68. The molecule has 1 aromatic carbocycles. The molecule has 1 atom stereocenters. The van der Waals surface area contributed by atoms with E-state index in [4.69, 9.17) is 5.73 Å². The van der Waals surface area contributed by atoms with Gasteiger partial charge < -0.3 is 5.73 Å². The van der Waals surface area contributed by atoms with Crippen molar-refractivity contribution in [2.75, 3.05) is 6.54 Å². The Morgan fingerprint density at radius 3 is 2.11 bits per heavy atom. The number of hydrogen-bond acceptors (Lipinski definition) is 1. The number of alkyl halides is 2. The van der Waals surface area contributed by atoms with Crippen LogP contribution in [0.15, 0.2) is 24.3 Å². The zero-order valence-electron chi connectivity index (χ0n) is 11.4. The highest BCUT2D eigenvalue weighted by Gasteiger charge is 2.32. The molecule has 18 heavy (non-hydrogen) atoms. The number of benzene rings is 1. The topological polar surface area (TPSA) is 26.0 Å². The molecular weight excluding hydrogens is 232 g/mol. The van der Waals surface area contributed by atoms with Crippen LogP contribution in [0.25, 0.3) is 0 Å². The maximum atomic E-state index is 13.9. The van der Waals surface area contributed by atoms with Gasteiger partial charge in [0.15, 0.2) is 0 Å². The third-order valence-electron chi connectivity index (χ3n) is 3.17. The normalized spacial score (nSPS) is 13.9. The van der Waals surface area contributed by atoms with Gasteiger partial charge in [0, 0.05) is 12.0 Å². The van der Waals surface area contributed by atoms with Gasteiger partial charge in [-0.25, -0.2) is 8.78 Å². The summed E-state index contributed by atoms with van der Waals surface area (Å²) in [6.45, 7) is 6.30. The van der Waals surface area contributed by atoms with Gasteiger partial charge in [-0.3, -0.25) is 0 Å². The first-order valence-electron chi connectivity index (χ1n) is 6.55. The Kier molecular flexibility index (Phi) is 5.27. The van der Waals surface area contributed by atoms with E-state index in [1.807, 2.05) is 13.8 Å². The van der Waals surface area contributed by atoms with Gasteiger partial charge in [0.05, 0.1) is 0 Å². The van der Waals surface area contributed by atoms with E-state index in [0.717, 1.165) is 12.0 Å². The van der Waals surface area contributed by atoms with Gasteiger partial charge in [0.1, 0.15) is 0 Å². The van der Waals surface area contributed by atoms with Crippen molar-refractivity contribution < 1.29 is 8.78 Å². The van der Waals surface area contributed by atoms with Crippen LogP contribution in [0.2, 0.25) is 0 Å². The summed E-state index contributed by atoms with van der Waals surface area (Å²) in [5, 5.41) is 0. The molecule has 0 aliphatic rings. The average molecular weight is 255 g/mol. The zero-order valence-corrected chi connectivity index (χ0v) is 11.4. The van der Waals surface area contributed by atoms with Crippen LogP contribution in [-0.4, -0.2) is 6.54 Å². The smallest absolute Gasteiger partial charge is 0.273 e. The SMILES string of the molecule is CC(C)CC(F)(F)c1ccc(C(C)CCN)cc1. The number of rotatable bonds is 6. The second-order valence-corrected chi connectivity index (χ2v) is 5.40. The van der Waals surface area contributed by atoms with Crippen molar-refractivity contribution in [3.8, 4) is 0 Å². The van der Waals surface area contributed by atoms with E-state index in [2.05, 4.69) is 6.92 Å². The van der Waals surface area contributed by atoms with Gasteiger partial charge in [-0.1, -0.05) is 45.0 Å². The number of nitrogens with two attached hydrogens (primary N) is 1. The minimum absolute atomic E-state index is 0.0177. The van der Waals surface area contributed by atoms with Crippen LogP contribution in [0.5, 0.6) is 0 Å². The van der Waals surface area contributed by atoms with Gasteiger partial charge in [-0.05, 0) is 30.4 Å². The fraction of sp³-hybridized carbons (Fsp3) is 0.600. The van der Waals surface area contributed by atoms with E-state index < -0.39 is 5.92 Å². The third-order valence-corrected chi connectivity index (χ3v) is 3.17. The highest BCUT2D eigenvalue weighted by atomic mass is 19.3. The number of halogens is 2. The largest absolute Gasteiger partial charge is 0.330 e. The van der Waals surface area contributed by atoms with Crippen LogP contribution in [0.1, 0.15) is 50.7 Å². The lowest BCUT2D eigenvalue weighted by Crippen LogP contribution is -2.16. The molecule has 0 saturated heterocycles. The fourth-order valence-corrected chi connectivity index (χ4v) is 2.10. The summed E-state index contributed by atoms with van der Waals surface area (Å²) in [5.41, 5.74) is 6.69. The molecule has 0 bridgehead atoms. The Balaban J connectivity index is 2.82. The van der Waals surface area contributed by atoms with Crippen LogP contribution >= 0.6 is 0 Å². The Bertz CT molecular complexity index is 357. The second kappa shape index (κ2) is 6.28. The van der Waals surface area contributed by atoms with Crippen molar-refractivity contribution >= 4 is 0 Å². The minimum Gasteiger partial charge on any atom is -0.330 e. The molecular formula is C15H23F2N. The third kappa shape index (κ3) is 4.05. The molecule has 0 aliphatic carbocycles. The fourth-order valence-electron chi connectivity index (χ4n) is 2.10. The molecule has 2 N–H and O–H groups in total. The van der Waals surface area contributed by atoms with E-state index in [1.165, 1.54) is 0 Å². The Hall–Kier alpha value is -0.960. The summed E-state index contributed by atoms with van der Waals surface area (Å²) in [5.74, 6) is -2.43. The first-order valence-corrected chi connectivity index (χ1v) is 6.55. The molecule has 0 radical (unpaired) electrons. The van der Waals surface area contributed by atoms with E-state index in [9.17, 15) is 8.78 Å². The van der Waals surface area contributed by atoms with Crippen LogP contribution in [-0.2, 0) is 5.92 Å². The lowest BCUT2D eigenvalue weighted by atomic mass is 9.93. The lowest BCUT2D eigenvalue weighted by molar-refractivity contribution is -0.0249. The summed E-state index contributed by atoms with van der Waals surface area (Å²) >= 11 is 0. The molecule has 102 valence electrons. The first kappa shape index (κ1) is 15.1. The van der Waals surface area contributed by atoms with Crippen molar-refractivity contribution in [2.24, 2.45) is 11.7 Å². The second-order valence-electron chi connectivity index (χ2n) is 5.40.